The van der Waals surface area contributed by atoms with Gasteiger partial charge in [0.2, 0.25) is 0 Å². The van der Waals surface area contributed by atoms with Crippen LogP contribution < -0.4 is 0 Å². The first kappa shape index (κ1) is 19.4. The van der Waals surface area contributed by atoms with Crippen LogP contribution >= 0.6 is 0 Å². The van der Waals surface area contributed by atoms with Gasteiger partial charge in [-0.1, -0.05) is 39.5 Å². The van der Waals surface area contributed by atoms with Crippen LogP contribution in [0.15, 0.2) is 0 Å². The Hall–Kier alpha value is -0.570. The molecule has 0 saturated heterocycles. The Labute approximate surface area is 125 Å². The molecule has 0 aliphatic heterocycles. The molecule has 0 aliphatic rings. The standard InChI is InChI=1S/C17H34O3/c1-7-10-11-14(8-2)12-15(13-19-9-3)16(18)20-17(4,5)6/h14-15H,7-13H2,1-6H3. The predicted molar refractivity (Wildman–Crippen MR) is 83.8 cm³/mol. The topological polar surface area (TPSA) is 35.5 Å². The number of carbonyl (C=O) groups excluding carboxylic acids is 1. The Morgan fingerprint density at radius 1 is 1.15 bits per heavy atom. The average molecular weight is 286 g/mol. The summed E-state index contributed by atoms with van der Waals surface area (Å²) in [7, 11) is 0. The highest BCUT2D eigenvalue weighted by Crippen LogP contribution is 2.24. The summed E-state index contributed by atoms with van der Waals surface area (Å²) in [5.41, 5.74) is -0.424. The van der Waals surface area contributed by atoms with Crippen LogP contribution in [0.5, 0.6) is 0 Å². The Bertz CT molecular complexity index is 255. The lowest BCUT2D eigenvalue weighted by Crippen LogP contribution is -2.32. The molecule has 0 radical (unpaired) electrons. The second kappa shape index (κ2) is 10.2. The van der Waals surface area contributed by atoms with Crippen molar-refractivity contribution < 1.29 is 14.3 Å². The van der Waals surface area contributed by atoms with Crippen LogP contribution in [0.2, 0.25) is 0 Å². The normalized spacial score (nSPS) is 14.9. The van der Waals surface area contributed by atoms with Gasteiger partial charge in [0, 0.05) is 6.61 Å². The maximum atomic E-state index is 12.3. The van der Waals surface area contributed by atoms with Crippen molar-refractivity contribution in [1.82, 2.24) is 0 Å². The van der Waals surface area contributed by atoms with E-state index in [4.69, 9.17) is 9.47 Å². The van der Waals surface area contributed by atoms with Crippen LogP contribution in [0.3, 0.4) is 0 Å². The number of unbranched alkanes of at least 4 members (excludes halogenated alkanes) is 1. The van der Waals surface area contributed by atoms with E-state index in [9.17, 15) is 4.79 Å². The Morgan fingerprint density at radius 3 is 2.25 bits per heavy atom. The molecule has 0 aromatic carbocycles. The fraction of sp³-hybridized carbons (Fsp3) is 0.941. The van der Waals surface area contributed by atoms with E-state index >= 15 is 0 Å². The Balaban J connectivity index is 4.55. The van der Waals surface area contributed by atoms with Gasteiger partial charge in [-0.3, -0.25) is 4.79 Å². The summed E-state index contributed by atoms with van der Waals surface area (Å²) in [5, 5.41) is 0. The van der Waals surface area contributed by atoms with Crippen LogP contribution in [0, 0.1) is 11.8 Å². The van der Waals surface area contributed by atoms with Gasteiger partial charge >= 0.3 is 5.97 Å². The van der Waals surface area contributed by atoms with Gasteiger partial charge in [-0.15, -0.1) is 0 Å². The summed E-state index contributed by atoms with van der Waals surface area (Å²) in [4.78, 5) is 12.3. The molecule has 0 rings (SSSR count). The van der Waals surface area contributed by atoms with E-state index in [1.165, 1.54) is 19.3 Å². The lowest BCUT2D eigenvalue weighted by molar-refractivity contribution is -0.163. The fourth-order valence-corrected chi connectivity index (χ4v) is 2.26. The number of hydrogen-bond acceptors (Lipinski definition) is 3. The van der Waals surface area contributed by atoms with Gasteiger partial charge in [-0.05, 0) is 40.0 Å². The van der Waals surface area contributed by atoms with Crippen molar-refractivity contribution in [2.75, 3.05) is 13.2 Å². The van der Waals surface area contributed by atoms with E-state index in [-0.39, 0.29) is 11.9 Å². The lowest BCUT2D eigenvalue weighted by atomic mass is 9.89. The van der Waals surface area contributed by atoms with Gasteiger partial charge in [-0.25, -0.2) is 0 Å². The van der Waals surface area contributed by atoms with E-state index in [1.54, 1.807) is 0 Å². The van der Waals surface area contributed by atoms with Crippen molar-refractivity contribution in [2.45, 2.75) is 79.2 Å². The molecule has 0 spiro atoms. The molecule has 2 atom stereocenters. The molecule has 0 fully saturated rings. The van der Waals surface area contributed by atoms with Gasteiger partial charge in [0.25, 0.3) is 0 Å². The first-order valence-electron chi connectivity index (χ1n) is 8.14. The first-order valence-corrected chi connectivity index (χ1v) is 8.14. The SMILES string of the molecule is CCCCC(CC)CC(COCC)C(=O)OC(C)(C)C. The van der Waals surface area contributed by atoms with Crippen LogP contribution in [-0.4, -0.2) is 24.8 Å². The zero-order valence-electron chi connectivity index (χ0n) is 14.3. The number of rotatable bonds is 10. The van der Waals surface area contributed by atoms with Crippen molar-refractivity contribution in [3.05, 3.63) is 0 Å². The highest BCUT2D eigenvalue weighted by molar-refractivity contribution is 5.73. The van der Waals surface area contributed by atoms with Crippen LogP contribution in [0.4, 0.5) is 0 Å². The van der Waals surface area contributed by atoms with Crippen LogP contribution in [0.1, 0.15) is 73.6 Å². The maximum absolute atomic E-state index is 12.3. The van der Waals surface area contributed by atoms with Crippen LogP contribution in [-0.2, 0) is 14.3 Å². The minimum atomic E-state index is -0.424. The smallest absolute Gasteiger partial charge is 0.311 e. The van der Waals surface area contributed by atoms with Crippen LogP contribution in [0.25, 0.3) is 0 Å². The summed E-state index contributed by atoms with van der Waals surface area (Å²) in [6, 6.07) is 0. The van der Waals surface area contributed by atoms with Gasteiger partial charge in [-0.2, -0.15) is 0 Å². The van der Waals surface area contributed by atoms with E-state index in [0.29, 0.717) is 19.1 Å². The molecule has 3 heteroatoms. The monoisotopic (exact) mass is 286 g/mol. The third kappa shape index (κ3) is 9.35. The number of esters is 1. The molecule has 0 saturated carbocycles. The number of hydrogen-bond donors (Lipinski definition) is 0. The minimum absolute atomic E-state index is 0.110. The highest BCUT2D eigenvalue weighted by atomic mass is 16.6. The van der Waals surface area contributed by atoms with E-state index in [1.807, 2.05) is 27.7 Å². The van der Waals surface area contributed by atoms with E-state index < -0.39 is 5.60 Å². The molecule has 3 nitrogen and oxygen atoms in total. The second-order valence-electron chi connectivity index (χ2n) is 6.54. The summed E-state index contributed by atoms with van der Waals surface area (Å²) >= 11 is 0. The molecule has 0 N–H and O–H groups in total. The average Bonchev–Trinajstić information content (AvgIpc) is 2.36. The van der Waals surface area contributed by atoms with Gasteiger partial charge in [0.05, 0.1) is 12.5 Å². The Morgan fingerprint density at radius 2 is 1.80 bits per heavy atom. The lowest BCUT2D eigenvalue weighted by Gasteiger charge is -2.26. The van der Waals surface area contributed by atoms with Crippen molar-refractivity contribution in [3.8, 4) is 0 Å². The third-order valence-electron chi connectivity index (χ3n) is 3.42. The predicted octanol–water partition coefficient (Wildman–Crippen LogP) is 4.59. The van der Waals surface area contributed by atoms with E-state index in [2.05, 4.69) is 13.8 Å². The van der Waals surface area contributed by atoms with Crippen molar-refractivity contribution >= 4 is 5.97 Å². The molecule has 0 amide bonds. The molecule has 0 aliphatic carbocycles. The quantitative estimate of drug-likeness (QED) is 0.551. The van der Waals surface area contributed by atoms with Gasteiger partial charge < -0.3 is 9.47 Å². The summed E-state index contributed by atoms with van der Waals surface area (Å²) in [6.45, 7) is 13.2. The zero-order valence-corrected chi connectivity index (χ0v) is 14.3. The molecule has 0 bridgehead atoms. The van der Waals surface area contributed by atoms with Gasteiger partial charge in [0.1, 0.15) is 5.60 Å². The number of carbonyl (C=O) groups is 1. The zero-order chi connectivity index (χ0) is 15.6. The highest BCUT2D eigenvalue weighted by Gasteiger charge is 2.27. The molecule has 0 heterocycles. The molecule has 0 aromatic heterocycles. The molecule has 0 aromatic rings. The molecule has 120 valence electrons. The van der Waals surface area contributed by atoms with E-state index in [0.717, 1.165) is 12.8 Å². The van der Waals surface area contributed by atoms with Crippen molar-refractivity contribution in [1.29, 1.82) is 0 Å². The Kier molecular flexibility index (Phi) is 9.91. The third-order valence-corrected chi connectivity index (χ3v) is 3.42. The summed E-state index contributed by atoms with van der Waals surface area (Å²) in [5.74, 6) is 0.352. The molecular weight excluding hydrogens is 252 g/mol. The summed E-state index contributed by atoms with van der Waals surface area (Å²) < 4.78 is 11.0. The molecular formula is C17H34O3. The maximum Gasteiger partial charge on any atom is 0.311 e. The number of ether oxygens (including phenoxy) is 2. The van der Waals surface area contributed by atoms with Crippen molar-refractivity contribution in [2.24, 2.45) is 11.8 Å². The van der Waals surface area contributed by atoms with Gasteiger partial charge in [0.15, 0.2) is 0 Å². The first-order chi connectivity index (χ1) is 9.34. The summed E-state index contributed by atoms with van der Waals surface area (Å²) in [6.07, 6.45) is 5.63. The molecule has 2 unspecified atom stereocenters. The largest absolute Gasteiger partial charge is 0.460 e. The fourth-order valence-electron chi connectivity index (χ4n) is 2.26. The van der Waals surface area contributed by atoms with Crippen molar-refractivity contribution in [3.63, 3.8) is 0 Å². The minimum Gasteiger partial charge on any atom is -0.460 e. The molecule has 20 heavy (non-hydrogen) atoms. The second-order valence-corrected chi connectivity index (χ2v) is 6.54.